The van der Waals surface area contributed by atoms with E-state index in [1.54, 1.807) is 18.2 Å². The summed E-state index contributed by atoms with van der Waals surface area (Å²) in [6.45, 7) is 0. The first-order valence-electron chi connectivity index (χ1n) is 8.82. The molecule has 1 aliphatic heterocycles. The molecule has 1 aromatic carbocycles. The van der Waals surface area contributed by atoms with Crippen molar-refractivity contribution in [3.63, 3.8) is 0 Å². The maximum absolute atomic E-state index is 13.1. The highest BCUT2D eigenvalue weighted by Crippen LogP contribution is 2.31. The maximum Gasteiger partial charge on any atom is 0.322 e. The summed E-state index contributed by atoms with van der Waals surface area (Å²) in [5, 5.41) is 6.41. The molecule has 3 atom stereocenters. The van der Waals surface area contributed by atoms with Gasteiger partial charge in [-0.2, -0.15) is 0 Å². The summed E-state index contributed by atoms with van der Waals surface area (Å²) >= 11 is 11.9. The predicted octanol–water partition coefficient (Wildman–Crippen LogP) is 3.20. The van der Waals surface area contributed by atoms with E-state index >= 15 is 0 Å². The van der Waals surface area contributed by atoms with Crippen LogP contribution in [0.15, 0.2) is 18.2 Å². The van der Waals surface area contributed by atoms with Crippen LogP contribution in [0.3, 0.4) is 0 Å². The third-order valence-corrected chi connectivity index (χ3v) is 5.78. The minimum absolute atomic E-state index is 0.111. The van der Waals surface area contributed by atoms with Gasteiger partial charge >= 0.3 is 12.0 Å². The summed E-state index contributed by atoms with van der Waals surface area (Å²) in [7, 11) is 1.26. The number of ether oxygens (including phenoxy) is 1. The molecule has 1 saturated heterocycles. The highest BCUT2D eigenvalue weighted by molar-refractivity contribution is 6.42. The van der Waals surface area contributed by atoms with Gasteiger partial charge in [0.25, 0.3) is 0 Å². The second-order valence-corrected chi connectivity index (χ2v) is 7.54. The van der Waals surface area contributed by atoms with Crippen molar-refractivity contribution in [1.82, 2.24) is 10.2 Å². The molecule has 146 valence electrons. The van der Waals surface area contributed by atoms with Gasteiger partial charge in [0.15, 0.2) is 0 Å². The van der Waals surface area contributed by atoms with Crippen molar-refractivity contribution in [2.24, 2.45) is 0 Å². The number of hydrogen-bond donors (Lipinski definition) is 2. The Bertz CT molecular complexity index is 758. The van der Waals surface area contributed by atoms with E-state index in [2.05, 4.69) is 10.6 Å². The van der Waals surface area contributed by atoms with Gasteiger partial charge in [-0.25, -0.2) is 4.79 Å². The zero-order valence-corrected chi connectivity index (χ0v) is 16.3. The van der Waals surface area contributed by atoms with E-state index in [1.807, 2.05) is 0 Å². The van der Waals surface area contributed by atoms with Gasteiger partial charge in [-0.1, -0.05) is 36.0 Å². The molecule has 1 aromatic rings. The summed E-state index contributed by atoms with van der Waals surface area (Å²) in [5.41, 5.74) is 0.463. The topological polar surface area (TPSA) is 87.7 Å². The second-order valence-electron chi connectivity index (χ2n) is 6.73. The van der Waals surface area contributed by atoms with Crippen molar-refractivity contribution >= 4 is 46.8 Å². The molecule has 1 saturated carbocycles. The fraction of sp³-hybridized carbons (Fsp3) is 0.500. The number of anilines is 1. The lowest BCUT2D eigenvalue weighted by Gasteiger charge is -2.47. The quantitative estimate of drug-likeness (QED) is 0.744. The molecule has 0 bridgehead atoms. The van der Waals surface area contributed by atoms with Crippen molar-refractivity contribution in [1.29, 1.82) is 0 Å². The van der Waals surface area contributed by atoms with Crippen LogP contribution in [-0.2, 0) is 14.3 Å². The Kier molecular flexibility index (Phi) is 6.11. The highest BCUT2D eigenvalue weighted by atomic mass is 35.5. The smallest absolute Gasteiger partial charge is 0.322 e. The number of amides is 3. The zero-order chi connectivity index (χ0) is 19.6. The Labute approximate surface area is 167 Å². The van der Waals surface area contributed by atoms with Crippen LogP contribution in [0.25, 0.3) is 0 Å². The zero-order valence-electron chi connectivity index (χ0n) is 14.8. The number of benzene rings is 1. The van der Waals surface area contributed by atoms with E-state index in [0.717, 1.165) is 25.7 Å². The Morgan fingerprint density at radius 2 is 2.00 bits per heavy atom. The lowest BCUT2D eigenvalue weighted by Crippen LogP contribution is -2.68. The van der Waals surface area contributed by atoms with Gasteiger partial charge in [0.05, 0.1) is 29.6 Å². The molecule has 0 unspecified atom stereocenters. The van der Waals surface area contributed by atoms with Crippen LogP contribution >= 0.6 is 23.2 Å². The molecular formula is C18H21Cl2N3O4. The van der Waals surface area contributed by atoms with E-state index in [4.69, 9.17) is 27.9 Å². The lowest BCUT2D eigenvalue weighted by molar-refractivity contribution is -0.146. The number of halogens is 2. The summed E-state index contributed by atoms with van der Waals surface area (Å²) in [6.07, 6.45) is 3.32. The van der Waals surface area contributed by atoms with Gasteiger partial charge < -0.3 is 20.3 Å². The fourth-order valence-electron chi connectivity index (χ4n) is 3.74. The third-order valence-electron chi connectivity index (χ3n) is 5.05. The summed E-state index contributed by atoms with van der Waals surface area (Å²) in [4.78, 5) is 38.9. The fourth-order valence-corrected chi connectivity index (χ4v) is 4.03. The molecule has 0 spiro atoms. The number of nitrogens with zero attached hydrogens (tertiary/aromatic N) is 1. The first kappa shape index (κ1) is 19.8. The number of carbonyl (C=O) groups is 3. The number of carbonyl (C=O) groups excluding carboxylic acids is 3. The minimum atomic E-state index is -0.917. The number of fused-ring (bicyclic) bond motifs is 1. The van der Waals surface area contributed by atoms with Crippen molar-refractivity contribution in [3.05, 3.63) is 28.2 Å². The van der Waals surface area contributed by atoms with Crippen LogP contribution in [0.5, 0.6) is 0 Å². The Morgan fingerprint density at radius 3 is 2.70 bits per heavy atom. The number of hydrogen-bond acceptors (Lipinski definition) is 4. The monoisotopic (exact) mass is 413 g/mol. The molecule has 3 amide bonds. The van der Waals surface area contributed by atoms with Crippen LogP contribution in [0.1, 0.15) is 32.1 Å². The van der Waals surface area contributed by atoms with Gasteiger partial charge in [-0.3, -0.25) is 9.59 Å². The molecule has 0 aromatic heterocycles. The van der Waals surface area contributed by atoms with E-state index < -0.39 is 18.0 Å². The predicted molar refractivity (Wildman–Crippen MR) is 102 cm³/mol. The number of methoxy groups -OCH3 is 1. The SMILES string of the molecule is COC(=O)C[C@@H]1C(=O)N[C@H]2CCCC[C@H]2N1C(=O)Nc1ccc(Cl)c(Cl)c1. The lowest BCUT2D eigenvalue weighted by atomic mass is 9.85. The first-order valence-corrected chi connectivity index (χ1v) is 9.58. The van der Waals surface area contributed by atoms with E-state index in [-0.39, 0.29) is 24.4 Å². The minimum Gasteiger partial charge on any atom is -0.469 e. The largest absolute Gasteiger partial charge is 0.469 e. The maximum atomic E-state index is 13.1. The Hall–Kier alpha value is -1.99. The summed E-state index contributed by atoms with van der Waals surface area (Å²) < 4.78 is 4.70. The van der Waals surface area contributed by atoms with Crippen LogP contribution in [0, 0.1) is 0 Å². The molecule has 1 heterocycles. The van der Waals surface area contributed by atoms with Crippen LogP contribution < -0.4 is 10.6 Å². The molecule has 27 heavy (non-hydrogen) atoms. The van der Waals surface area contributed by atoms with Gasteiger partial charge in [-0.05, 0) is 31.0 Å². The molecular weight excluding hydrogens is 393 g/mol. The standard InChI is InChI=1S/C18H21Cl2N3O4/c1-27-16(24)9-15-17(25)22-13-4-2-3-5-14(13)23(15)18(26)21-10-6-7-11(19)12(20)8-10/h6-8,13-15H,2-5,9H2,1H3,(H,21,26)(H,22,25)/t13-,14+,15+/m0/s1. The summed E-state index contributed by atoms with van der Waals surface area (Å²) in [5.74, 6) is -0.885. The number of rotatable bonds is 3. The molecule has 2 fully saturated rings. The average molecular weight is 414 g/mol. The second kappa shape index (κ2) is 8.35. The van der Waals surface area contributed by atoms with E-state index in [0.29, 0.717) is 15.7 Å². The first-order chi connectivity index (χ1) is 12.9. The molecule has 3 rings (SSSR count). The highest BCUT2D eigenvalue weighted by Gasteiger charge is 2.46. The Morgan fingerprint density at radius 1 is 1.26 bits per heavy atom. The average Bonchev–Trinajstić information content (AvgIpc) is 2.65. The normalized spacial score (nSPS) is 24.6. The van der Waals surface area contributed by atoms with Gasteiger partial charge in [0, 0.05) is 11.7 Å². The molecule has 1 aliphatic carbocycles. The van der Waals surface area contributed by atoms with Crippen LogP contribution in [0.2, 0.25) is 10.0 Å². The van der Waals surface area contributed by atoms with Gasteiger partial charge in [0.2, 0.25) is 5.91 Å². The third kappa shape index (κ3) is 4.30. The van der Waals surface area contributed by atoms with Crippen molar-refractivity contribution in [2.75, 3.05) is 12.4 Å². The van der Waals surface area contributed by atoms with Gasteiger partial charge in [-0.15, -0.1) is 0 Å². The van der Waals surface area contributed by atoms with E-state index in [1.165, 1.54) is 12.0 Å². The molecule has 9 heteroatoms. The number of piperazine rings is 1. The van der Waals surface area contributed by atoms with E-state index in [9.17, 15) is 14.4 Å². The van der Waals surface area contributed by atoms with Crippen molar-refractivity contribution in [2.45, 2.75) is 50.2 Å². The van der Waals surface area contributed by atoms with Crippen LogP contribution in [0.4, 0.5) is 10.5 Å². The Balaban J connectivity index is 1.86. The van der Waals surface area contributed by atoms with Crippen molar-refractivity contribution in [3.8, 4) is 0 Å². The summed E-state index contributed by atoms with van der Waals surface area (Å²) in [6, 6.07) is 3.10. The number of esters is 1. The van der Waals surface area contributed by atoms with Crippen molar-refractivity contribution < 1.29 is 19.1 Å². The van der Waals surface area contributed by atoms with Crippen LogP contribution in [-0.4, -0.2) is 48.0 Å². The van der Waals surface area contributed by atoms with Gasteiger partial charge in [0.1, 0.15) is 6.04 Å². The molecule has 2 aliphatic rings. The molecule has 0 radical (unpaired) electrons. The molecule has 7 nitrogen and oxygen atoms in total. The number of nitrogens with one attached hydrogen (secondary N) is 2. The molecule has 2 N–H and O–H groups in total. The number of urea groups is 1.